The number of nitrogens with one attached hydrogen (secondary N) is 1. The van der Waals surface area contributed by atoms with Gasteiger partial charge in [-0.3, -0.25) is 4.79 Å². The first-order valence-corrected chi connectivity index (χ1v) is 10.7. The van der Waals surface area contributed by atoms with E-state index in [0.717, 1.165) is 16.3 Å². The number of aromatic nitrogens is 3. The number of carbonyl (C=O) groups excluding carboxylic acids is 2. The van der Waals surface area contributed by atoms with Crippen LogP contribution in [0, 0.1) is 6.92 Å². The molecule has 3 amide bonds. The van der Waals surface area contributed by atoms with E-state index in [1.165, 1.54) is 29.3 Å². The lowest BCUT2D eigenvalue weighted by Gasteiger charge is -2.34. The van der Waals surface area contributed by atoms with Crippen molar-refractivity contribution in [2.75, 3.05) is 31.5 Å². The van der Waals surface area contributed by atoms with Crippen LogP contribution in [-0.2, 0) is 6.18 Å². The monoisotopic (exact) mass is 492 g/mol. The minimum atomic E-state index is -4.58. The van der Waals surface area contributed by atoms with E-state index in [-0.39, 0.29) is 43.6 Å². The molecule has 1 aromatic heterocycles. The van der Waals surface area contributed by atoms with Gasteiger partial charge in [-0.2, -0.15) is 13.2 Å². The Morgan fingerprint density at radius 1 is 1.03 bits per heavy atom. The molecule has 0 saturated carbocycles. The molecule has 1 aliphatic rings. The second kappa shape index (κ2) is 9.34. The molecule has 0 atom stereocenters. The molecule has 8 nitrogen and oxygen atoms in total. The molecular weight excluding hydrogens is 473 g/mol. The van der Waals surface area contributed by atoms with Crippen molar-refractivity contribution in [3.05, 3.63) is 70.5 Å². The summed E-state index contributed by atoms with van der Waals surface area (Å²) in [5.41, 5.74) is 0.275. The van der Waals surface area contributed by atoms with E-state index in [4.69, 9.17) is 11.6 Å². The number of alkyl halides is 3. The van der Waals surface area contributed by atoms with E-state index in [1.807, 2.05) is 6.92 Å². The molecule has 1 saturated heterocycles. The second-order valence-electron chi connectivity index (χ2n) is 7.74. The Labute approximate surface area is 197 Å². The van der Waals surface area contributed by atoms with Gasteiger partial charge in [0.05, 0.1) is 17.4 Å². The Morgan fingerprint density at radius 2 is 1.71 bits per heavy atom. The average Bonchev–Trinajstić information content (AvgIpc) is 3.31. The Morgan fingerprint density at radius 3 is 2.38 bits per heavy atom. The number of anilines is 1. The molecule has 3 aromatic rings. The zero-order chi connectivity index (χ0) is 24.5. The van der Waals surface area contributed by atoms with Gasteiger partial charge in [-0.05, 0) is 36.8 Å². The van der Waals surface area contributed by atoms with Gasteiger partial charge in [0, 0.05) is 36.9 Å². The fraction of sp³-hybridized carbons (Fsp3) is 0.273. The first-order chi connectivity index (χ1) is 16.1. The van der Waals surface area contributed by atoms with Gasteiger partial charge in [-0.1, -0.05) is 35.0 Å². The van der Waals surface area contributed by atoms with Gasteiger partial charge in [-0.25, -0.2) is 9.48 Å². The first kappa shape index (κ1) is 23.6. The van der Waals surface area contributed by atoms with Crippen molar-refractivity contribution < 1.29 is 22.8 Å². The van der Waals surface area contributed by atoms with Crippen molar-refractivity contribution in [1.29, 1.82) is 0 Å². The van der Waals surface area contributed by atoms with Crippen LogP contribution in [0.3, 0.4) is 0 Å². The van der Waals surface area contributed by atoms with Crippen LogP contribution in [0.2, 0.25) is 5.02 Å². The summed E-state index contributed by atoms with van der Waals surface area (Å²) >= 11 is 6.09. The number of para-hydroxylation sites is 1. The highest BCUT2D eigenvalue weighted by molar-refractivity contribution is 6.31. The molecule has 0 radical (unpaired) electrons. The third-order valence-electron chi connectivity index (χ3n) is 5.45. The Balaban J connectivity index is 1.39. The lowest BCUT2D eigenvalue weighted by Crippen LogP contribution is -2.51. The number of amides is 3. The number of benzene rings is 2. The largest absolute Gasteiger partial charge is 0.418 e. The summed E-state index contributed by atoms with van der Waals surface area (Å²) in [6.45, 7) is 2.90. The third-order valence-corrected chi connectivity index (χ3v) is 5.85. The minimum absolute atomic E-state index is 0.0795. The maximum Gasteiger partial charge on any atom is 0.418 e. The summed E-state index contributed by atoms with van der Waals surface area (Å²) in [5.74, 6) is -0.471. The highest BCUT2D eigenvalue weighted by Crippen LogP contribution is 2.33. The molecule has 4 rings (SSSR count). The number of carbonyl (C=O) groups is 2. The fourth-order valence-electron chi connectivity index (χ4n) is 3.54. The summed E-state index contributed by atoms with van der Waals surface area (Å²) in [7, 11) is 0. The maximum atomic E-state index is 13.3. The average molecular weight is 493 g/mol. The van der Waals surface area contributed by atoms with Gasteiger partial charge in [0.1, 0.15) is 0 Å². The maximum absolute atomic E-state index is 13.3. The summed E-state index contributed by atoms with van der Waals surface area (Å²) in [6, 6.07) is 9.81. The Kier molecular flexibility index (Phi) is 6.47. The van der Waals surface area contributed by atoms with E-state index in [2.05, 4.69) is 15.6 Å². The second-order valence-corrected chi connectivity index (χ2v) is 8.14. The van der Waals surface area contributed by atoms with Crippen LogP contribution < -0.4 is 5.32 Å². The molecule has 1 fully saturated rings. The summed E-state index contributed by atoms with van der Waals surface area (Å²) in [5, 5.41) is 10.8. The lowest BCUT2D eigenvalue weighted by molar-refractivity contribution is -0.137. The Bertz CT molecular complexity index is 1220. The van der Waals surface area contributed by atoms with Crippen LogP contribution in [0.5, 0.6) is 0 Å². The standard InChI is InChI=1S/C22H20ClF3N6O2/c1-14-6-7-15(12-17(14)23)27-21(34)31-10-8-30(9-11-31)20(33)18-13-32(29-28-18)19-5-3-2-4-16(19)22(24,25)26/h2-7,12-13H,8-11H2,1H3,(H,27,34). The van der Waals surface area contributed by atoms with Crippen molar-refractivity contribution in [1.82, 2.24) is 24.8 Å². The molecule has 1 N–H and O–H groups in total. The van der Waals surface area contributed by atoms with Crippen molar-refractivity contribution in [3.63, 3.8) is 0 Å². The normalized spacial score (nSPS) is 14.3. The number of rotatable bonds is 3. The van der Waals surface area contributed by atoms with Crippen LogP contribution >= 0.6 is 11.6 Å². The zero-order valence-corrected chi connectivity index (χ0v) is 18.8. The van der Waals surface area contributed by atoms with Gasteiger partial charge in [0.25, 0.3) is 5.91 Å². The molecule has 34 heavy (non-hydrogen) atoms. The molecule has 12 heteroatoms. The molecule has 1 aliphatic heterocycles. The number of nitrogens with zero attached hydrogens (tertiary/aromatic N) is 5. The highest BCUT2D eigenvalue weighted by atomic mass is 35.5. The molecule has 0 aliphatic carbocycles. The number of piperazine rings is 1. The smallest absolute Gasteiger partial charge is 0.334 e. The summed E-state index contributed by atoms with van der Waals surface area (Å²) in [6.07, 6.45) is -3.40. The Hall–Kier alpha value is -3.60. The van der Waals surface area contributed by atoms with E-state index >= 15 is 0 Å². The van der Waals surface area contributed by atoms with Crippen molar-refractivity contribution in [2.24, 2.45) is 0 Å². The van der Waals surface area contributed by atoms with Crippen molar-refractivity contribution >= 4 is 29.2 Å². The zero-order valence-electron chi connectivity index (χ0n) is 18.0. The van der Waals surface area contributed by atoms with E-state index in [1.54, 1.807) is 23.1 Å². The van der Waals surface area contributed by atoms with Crippen molar-refractivity contribution in [3.8, 4) is 5.69 Å². The minimum Gasteiger partial charge on any atom is -0.334 e. The van der Waals surface area contributed by atoms with Gasteiger partial charge in [0.15, 0.2) is 5.69 Å². The topological polar surface area (TPSA) is 83.4 Å². The number of halogens is 4. The highest BCUT2D eigenvalue weighted by Gasteiger charge is 2.34. The SMILES string of the molecule is Cc1ccc(NC(=O)N2CCN(C(=O)c3cn(-c4ccccc4C(F)(F)F)nn3)CC2)cc1Cl. The van der Waals surface area contributed by atoms with Crippen LogP contribution in [0.25, 0.3) is 5.69 Å². The lowest BCUT2D eigenvalue weighted by atomic mass is 10.1. The number of hydrogen-bond acceptors (Lipinski definition) is 4. The molecular formula is C22H20ClF3N6O2. The van der Waals surface area contributed by atoms with Crippen LogP contribution in [-0.4, -0.2) is 62.9 Å². The quantitative estimate of drug-likeness (QED) is 0.593. The summed E-state index contributed by atoms with van der Waals surface area (Å²) in [4.78, 5) is 28.4. The number of urea groups is 1. The van der Waals surface area contributed by atoms with Crippen molar-refractivity contribution in [2.45, 2.75) is 13.1 Å². The van der Waals surface area contributed by atoms with E-state index in [0.29, 0.717) is 10.7 Å². The molecule has 0 spiro atoms. The number of hydrogen-bond donors (Lipinski definition) is 1. The van der Waals surface area contributed by atoms with Gasteiger partial charge < -0.3 is 15.1 Å². The molecule has 0 unspecified atom stereocenters. The predicted octanol–water partition coefficient (Wildman–Crippen LogP) is 4.24. The predicted molar refractivity (Wildman–Crippen MR) is 119 cm³/mol. The summed E-state index contributed by atoms with van der Waals surface area (Å²) < 4.78 is 40.8. The van der Waals surface area contributed by atoms with Crippen LogP contribution in [0.4, 0.5) is 23.7 Å². The molecule has 2 aromatic carbocycles. The van der Waals surface area contributed by atoms with Gasteiger partial charge in [-0.15, -0.1) is 5.10 Å². The fourth-order valence-corrected chi connectivity index (χ4v) is 3.72. The molecule has 178 valence electrons. The third kappa shape index (κ3) is 4.98. The number of aryl methyl sites for hydroxylation is 1. The van der Waals surface area contributed by atoms with Gasteiger partial charge in [0.2, 0.25) is 0 Å². The van der Waals surface area contributed by atoms with E-state index < -0.39 is 17.6 Å². The van der Waals surface area contributed by atoms with Gasteiger partial charge >= 0.3 is 12.2 Å². The van der Waals surface area contributed by atoms with Crippen LogP contribution in [0.1, 0.15) is 21.6 Å². The molecule has 0 bridgehead atoms. The van der Waals surface area contributed by atoms with E-state index in [9.17, 15) is 22.8 Å². The molecule has 2 heterocycles. The van der Waals surface area contributed by atoms with Crippen LogP contribution in [0.15, 0.2) is 48.7 Å². The first-order valence-electron chi connectivity index (χ1n) is 10.3.